The summed E-state index contributed by atoms with van der Waals surface area (Å²) in [6, 6.07) is 12.0. The Morgan fingerprint density at radius 3 is 2.07 bits per heavy atom. The predicted molar refractivity (Wildman–Crippen MR) is 110 cm³/mol. The second kappa shape index (κ2) is 6.10. The van der Waals surface area contributed by atoms with E-state index >= 15 is 0 Å². The monoisotopic (exact) mass is 425 g/mol. The Labute approximate surface area is 178 Å². The van der Waals surface area contributed by atoms with Gasteiger partial charge in [0.2, 0.25) is 11.8 Å². The lowest BCUT2D eigenvalue weighted by Gasteiger charge is -2.37. The van der Waals surface area contributed by atoms with Gasteiger partial charge in [-0.15, -0.1) is 0 Å². The van der Waals surface area contributed by atoms with Crippen molar-refractivity contribution in [3.05, 3.63) is 64.7 Å². The van der Waals surface area contributed by atoms with Gasteiger partial charge in [0.25, 0.3) is 0 Å². The molecule has 1 aliphatic heterocycles. The molecule has 0 N–H and O–H groups in total. The van der Waals surface area contributed by atoms with Crippen molar-refractivity contribution in [3.63, 3.8) is 0 Å². The Hall–Kier alpha value is -2.30. The van der Waals surface area contributed by atoms with Gasteiger partial charge < -0.3 is 4.74 Å². The van der Waals surface area contributed by atoms with E-state index in [1.54, 1.807) is 42.5 Å². The fraction of sp³-hybridized carbons (Fsp3) is 0.304. The Morgan fingerprint density at radius 2 is 1.48 bits per heavy atom. The van der Waals surface area contributed by atoms with Crippen molar-refractivity contribution in [1.82, 2.24) is 0 Å². The average molecular weight is 426 g/mol. The first-order valence-corrected chi connectivity index (χ1v) is 10.6. The molecule has 29 heavy (non-hydrogen) atoms. The van der Waals surface area contributed by atoms with Crippen LogP contribution in [0.25, 0.3) is 0 Å². The fourth-order valence-corrected chi connectivity index (χ4v) is 6.01. The van der Waals surface area contributed by atoms with E-state index in [0.29, 0.717) is 39.1 Å². The Balaban J connectivity index is 1.26. The molecule has 146 valence electrons. The lowest BCUT2D eigenvalue weighted by atomic mass is 9.63. The molecule has 2 aromatic rings. The molecule has 1 saturated heterocycles. The van der Waals surface area contributed by atoms with Gasteiger partial charge in [0.05, 0.1) is 22.5 Å². The van der Waals surface area contributed by atoms with Gasteiger partial charge in [-0.1, -0.05) is 35.4 Å². The summed E-state index contributed by atoms with van der Waals surface area (Å²) in [7, 11) is 0. The SMILES string of the molecule is O=C1[C@@H]2[C@@H]3C=C[C@H]([C@H]4C[C@H]34)[C@@H]2C(=O)N1c1ccc(Oc2ccc(Cl)cc2Cl)cc1. The number of benzene rings is 2. The van der Waals surface area contributed by atoms with E-state index in [-0.39, 0.29) is 35.5 Å². The number of hydrogen-bond acceptors (Lipinski definition) is 3. The van der Waals surface area contributed by atoms with Gasteiger partial charge in [-0.05, 0) is 72.6 Å². The lowest BCUT2D eigenvalue weighted by Crippen LogP contribution is -2.40. The fourth-order valence-electron chi connectivity index (χ4n) is 5.56. The molecule has 4 aliphatic carbocycles. The normalized spacial score (nSPS) is 33.7. The van der Waals surface area contributed by atoms with Crippen LogP contribution in [0.1, 0.15) is 6.42 Å². The number of rotatable bonds is 3. The first-order chi connectivity index (χ1) is 14.0. The van der Waals surface area contributed by atoms with Crippen LogP contribution in [0.5, 0.6) is 11.5 Å². The molecule has 6 atom stereocenters. The number of amides is 2. The summed E-state index contributed by atoms with van der Waals surface area (Å²) in [6.07, 6.45) is 5.53. The zero-order valence-electron chi connectivity index (χ0n) is 15.3. The molecule has 1 heterocycles. The first kappa shape index (κ1) is 17.5. The van der Waals surface area contributed by atoms with Crippen molar-refractivity contribution in [3.8, 4) is 11.5 Å². The summed E-state index contributed by atoms with van der Waals surface area (Å²) in [5.74, 6) is 2.22. The minimum Gasteiger partial charge on any atom is -0.456 e. The average Bonchev–Trinajstić information content (AvgIpc) is 3.49. The van der Waals surface area contributed by atoms with Crippen LogP contribution in [0.4, 0.5) is 5.69 Å². The van der Waals surface area contributed by atoms with Crippen molar-refractivity contribution in [2.45, 2.75) is 6.42 Å². The molecule has 0 aromatic heterocycles. The maximum Gasteiger partial charge on any atom is 0.238 e. The Kier molecular flexibility index (Phi) is 3.69. The zero-order valence-corrected chi connectivity index (χ0v) is 16.8. The summed E-state index contributed by atoms with van der Waals surface area (Å²) in [5, 5.41) is 0.948. The van der Waals surface area contributed by atoms with Gasteiger partial charge in [0.15, 0.2) is 0 Å². The summed E-state index contributed by atoms with van der Waals surface area (Å²) in [4.78, 5) is 27.7. The minimum atomic E-state index is -0.190. The molecule has 2 saturated carbocycles. The molecular formula is C23H17Cl2NO3. The van der Waals surface area contributed by atoms with Gasteiger partial charge >= 0.3 is 0 Å². The number of hydrogen-bond donors (Lipinski definition) is 0. The van der Waals surface area contributed by atoms with Crippen molar-refractivity contribution < 1.29 is 14.3 Å². The van der Waals surface area contributed by atoms with E-state index in [1.165, 1.54) is 4.90 Å². The second-order valence-corrected chi connectivity index (χ2v) is 9.18. The highest BCUT2D eigenvalue weighted by molar-refractivity contribution is 6.35. The Bertz CT molecular complexity index is 1040. The molecule has 0 radical (unpaired) electrons. The van der Waals surface area contributed by atoms with E-state index in [0.717, 1.165) is 6.42 Å². The number of carbonyl (C=O) groups excluding carboxylic acids is 2. The molecule has 2 bridgehead atoms. The van der Waals surface area contributed by atoms with Crippen LogP contribution in [0.15, 0.2) is 54.6 Å². The third-order valence-corrected chi connectivity index (χ3v) is 7.41. The molecule has 6 heteroatoms. The van der Waals surface area contributed by atoms with E-state index in [4.69, 9.17) is 27.9 Å². The summed E-state index contributed by atoms with van der Waals surface area (Å²) < 4.78 is 5.81. The molecule has 0 spiro atoms. The van der Waals surface area contributed by atoms with Crippen LogP contribution in [0, 0.1) is 35.5 Å². The molecule has 3 fully saturated rings. The zero-order chi connectivity index (χ0) is 19.9. The van der Waals surface area contributed by atoms with Gasteiger partial charge in [0.1, 0.15) is 11.5 Å². The quantitative estimate of drug-likeness (QED) is 0.492. The summed E-state index contributed by atoms with van der Waals surface area (Å²) in [5.41, 5.74) is 0.594. The lowest BCUT2D eigenvalue weighted by molar-refractivity contribution is -0.124. The number of allylic oxidation sites excluding steroid dienone is 2. The smallest absolute Gasteiger partial charge is 0.238 e. The molecular weight excluding hydrogens is 409 g/mol. The standard InChI is InChI=1S/C23H17Cl2NO3/c24-11-1-8-19(18(25)9-11)29-13-4-2-12(3-5-13)26-22(27)20-14-6-7-15(17-10-16(14)17)21(20)23(26)28/h1-9,14-17,20-21H,10H2/t14-,15-,16-,17-,20-,21+/m1/s1. The number of imide groups is 1. The second-order valence-electron chi connectivity index (χ2n) is 8.34. The van der Waals surface area contributed by atoms with Crippen LogP contribution in [0.2, 0.25) is 10.0 Å². The molecule has 2 amide bonds. The van der Waals surface area contributed by atoms with Gasteiger partial charge in [-0.2, -0.15) is 0 Å². The van der Waals surface area contributed by atoms with Gasteiger partial charge in [-0.25, -0.2) is 0 Å². The third kappa shape index (κ3) is 2.52. The number of nitrogens with zero attached hydrogens (tertiary/aromatic N) is 1. The third-order valence-electron chi connectivity index (χ3n) is 6.88. The first-order valence-electron chi connectivity index (χ1n) is 9.82. The molecule has 2 aromatic carbocycles. The highest BCUT2D eigenvalue weighted by Crippen LogP contribution is 2.65. The van der Waals surface area contributed by atoms with E-state index < -0.39 is 0 Å². The van der Waals surface area contributed by atoms with Crippen molar-refractivity contribution in [1.29, 1.82) is 0 Å². The highest BCUT2D eigenvalue weighted by atomic mass is 35.5. The molecule has 4 nitrogen and oxygen atoms in total. The number of halogens is 2. The van der Waals surface area contributed by atoms with Crippen molar-refractivity contribution >= 4 is 40.7 Å². The van der Waals surface area contributed by atoms with Crippen molar-refractivity contribution in [2.24, 2.45) is 35.5 Å². The summed E-state index contributed by atoms with van der Waals surface area (Å²) >= 11 is 12.1. The van der Waals surface area contributed by atoms with Gasteiger partial charge in [0, 0.05) is 5.02 Å². The topological polar surface area (TPSA) is 46.6 Å². The van der Waals surface area contributed by atoms with E-state index in [1.807, 2.05) is 0 Å². The maximum atomic E-state index is 13.2. The van der Waals surface area contributed by atoms with Crippen LogP contribution in [-0.2, 0) is 9.59 Å². The van der Waals surface area contributed by atoms with Crippen LogP contribution in [0.3, 0.4) is 0 Å². The summed E-state index contributed by atoms with van der Waals surface area (Å²) in [6.45, 7) is 0. The minimum absolute atomic E-state index is 0.0564. The van der Waals surface area contributed by atoms with Gasteiger partial charge in [-0.3, -0.25) is 14.5 Å². The van der Waals surface area contributed by atoms with Crippen LogP contribution in [-0.4, -0.2) is 11.8 Å². The maximum absolute atomic E-state index is 13.2. The molecule has 0 unspecified atom stereocenters. The molecule has 5 aliphatic rings. The number of carbonyl (C=O) groups is 2. The molecule has 7 rings (SSSR count). The van der Waals surface area contributed by atoms with E-state index in [9.17, 15) is 9.59 Å². The predicted octanol–water partition coefficient (Wildman–Crippen LogP) is 5.34. The Morgan fingerprint density at radius 1 is 0.862 bits per heavy atom. The van der Waals surface area contributed by atoms with Crippen LogP contribution < -0.4 is 9.64 Å². The highest BCUT2D eigenvalue weighted by Gasteiger charge is 2.67. The largest absolute Gasteiger partial charge is 0.456 e. The van der Waals surface area contributed by atoms with Crippen LogP contribution >= 0.6 is 23.2 Å². The number of ether oxygens (including phenoxy) is 1. The number of anilines is 1. The van der Waals surface area contributed by atoms with E-state index in [2.05, 4.69) is 12.2 Å². The van der Waals surface area contributed by atoms with Crippen molar-refractivity contribution in [2.75, 3.05) is 4.90 Å².